The van der Waals surface area contributed by atoms with Gasteiger partial charge in [0, 0.05) is 12.2 Å². The van der Waals surface area contributed by atoms with E-state index in [1.165, 1.54) is 0 Å². The van der Waals surface area contributed by atoms with Crippen molar-refractivity contribution < 1.29 is 13.2 Å². The quantitative estimate of drug-likeness (QED) is 0.890. The van der Waals surface area contributed by atoms with Crippen LogP contribution in [-0.4, -0.2) is 26.7 Å². The first-order valence-corrected chi connectivity index (χ1v) is 8.11. The summed E-state index contributed by atoms with van der Waals surface area (Å²) in [7, 11) is -3.37. The Labute approximate surface area is 123 Å². The van der Waals surface area contributed by atoms with Gasteiger partial charge in [-0.15, -0.1) is 0 Å². The molecule has 0 bridgehead atoms. The van der Waals surface area contributed by atoms with Gasteiger partial charge in [0.05, 0.1) is 10.6 Å². The van der Waals surface area contributed by atoms with Crippen molar-refractivity contribution in [2.45, 2.75) is 4.90 Å². The number of hydrogen-bond donors (Lipinski definition) is 2. The first-order chi connectivity index (χ1) is 10.1. The van der Waals surface area contributed by atoms with Gasteiger partial charge in [-0.05, 0) is 24.3 Å². The first kappa shape index (κ1) is 15.1. The van der Waals surface area contributed by atoms with Crippen molar-refractivity contribution in [1.29, 1.82) is 0 Å². The molecule has 5 nitrogen and oxygen atoms in total. The van der Waals surface area contributed by atoms with Gasteiger partial charge in [-0.25, -0.2) is 13.2 Å². The van der Waals surface area contributed by atoms with E-state index in [4.69, 9.17) is 0 Å². The molecule has 2 aromatic carbocycles. The summed E-state index contributed by atoms with van der Waals surface area (Å²) in [6, 6.07) is 16.7. The maximum absolute atomic E-state index is 12.0. The third-order valence-corrected chi connectivity index (χ3v) is 4.52. The fourth-order valence-corrected chi connectivity index (χ4v) is 2.92. The zero-order chi connectivity index (χ0) is 15.1. The van der Waals surface area contributed by atoms with Gasteiger partial charge in [0.25, 0.3) is 0 Å². The molecule has 0 aliphatic carbocycles. The Morgan fingerprint density at radius 2 is 1.48 bits per heavy atom. The van der Waals surface area contributed by atoms with Crippen LogP contribution in [0.1, 0.15) is 0 Å². The summed E-state index contributed by atoms with van der Waals surface area (Å²) >= 11 is 0. The van der Waals surface area contributed by atoms with Gasteiger partial charge in [-0.1, -0.05) is 36.4 Å². The van der Waals surface area contributed by atoms with Crippen LogP contribution in [0.15, 0.2) is 65.6 Å². The Balaban J connectivity index is 1.83. The van der Waals surface area contributed by atoms with Crippen LogP contribution in [0.25, 0.3) is 0 Å². The molecule has 0 saturated carbocycles. The normalized spacial score (nSPS) is 10.9. The number of rotatable bonds is 5. The minimum atomic E-state index is -3.37. The van der Waals surface area contributed by atoms with Crippen molar-refractivity contribution >= 4 is 21.6 Å². The van der Waals surface area contributed by atoms with E-state index in [-0.39, 0.29) is 17.2 Å². The predicted octanol–water partition coefficient (Wildman–Crippen LogP) is 2.28. The van der Waals surface area contributed by atoms with E-state index in [0.29, 0.717) is 5.69 Å². The summed E-state index contributed by atoms with van der Waals surface area (Å²) in [4.78, 5) is 11.9. The second-order valence-electron chi connectivity index (χ2n) is 4.38. The highest BCUT2D eigenvalue weighted by molar-refractivity contribution is 7.91. The van der Waals surface area contributed by atoms with Crippen LogP contribution in [0, 0.1) is 0 Å². The van der Waals surface area contributed by atoms with Crippen LogP contribution in [0.5, 0.6) is 0 Å². The monoisotopic (exact) mass is 304 g/mol. The van der Waals surface area contributed by atoms with E-state index >= 15 is 0 Å². The number of urea groups is 1. The van der Waals surface area contributed by atoms with Crippen LogP contribution < -0.4 is 10.6 Å². The van der Waals surface area contributed by atoms with Crippen molar-refractivity contribution in [2.75, 3.05) is 17.6 Å². The Hall–Kier alpha value is -2.34. The molecule has 0 fully saturated rings. The molecule has 2 rings (SSSR count). The summed E-state index contributed by atoms with van der Waals surface area (Å²) in [6.45, 7) is 0.0515. The van der Waals surface area contributed by atoms with Crippen LogP contribution in [0.2, 0.25) is 0 Å². The van der Waals surface area contributed by atoms with Gasteiger partial charge in [0.2, 0.25) is 0 Å². The van der Waals surface area contributed by atoms with Crippen LogP contribution >= 0.6 is 0 Å². The highest BCUT2D eigenvalue weighted by Crippen LogP contribution is 2.09. The molecular weight excluding hydrogens is 288 g/mol. The molecule has 2 amide bonds. The molecule has 0 aliphatic rings. The molecule has 0 saturated heterocycles. The molecule has 2 N–H and O–H groups in total. The largest absolute Gasteiger partial charge is 0.337 e. The average molecular weight is 304 g/mol. The van der Waals surface area contributed by atoms with Crippen molar-refractivity contribution in [2.24, 2.45) is 0 Å². The zero-order valence-corrected chi connectivity index (χ0v) is 12.1. The number of anilines is 1. The molecule has 0 unspecified atom stereocenters. The van der Waals surface area contributed by atoms with Gasteiger partial charge in [-0.3, -0.25) is 0 Å². The number of sulfone groups is 1. The van der Waals surface area contributed by atoms with E-state index in [2.05, 4.69) is 10.6 Å². The number of amides is 2. The van der Waals surface area contributed by atoms with Gasteiger partial charge >= 0.3 is 6.03 Å². The number of nitrogens with one attached hydrogen (secondary N) is 2. The minimum absolute atomic E-state index is 0.0515. The van der Waals surface area contributed by atoms with Crippen LogP contribution in [0.3, 0.4) is 0 Å². The molecule has 0 heterocycles. The second kappa shape index (κ2) is 6.90. The summed E-state index contributed by atoms with van der Waals surface area (Å²) in [5.41, 5.74) is 0.654. The highest BCUT2D eigenvalue weighted by atomic mass is 32.2. The van der Waals surface area contributed by atoms with Gasteiger partial charge < -0.3 is 10.6 Å². The van der Waals surface area contributed by atoms with E-state index in [1.807, 2.05) is 6.07 Å². The Morgan fingerprint density at radius 3 is 2.10 bits per heavy atom. The number of hydrogen-bond acceptors (Lipinski definition) is 3. The van der Waals surface area contributed by atoms with Gasteiger partial charge in [0.1, 0.15) is 0 Å². The lowest BCUT2D eigenvalue weighted by molar-refractivity contribution is 0.252. The van der Waals surface area contributed by atoms with E-state index in [1.54, 1.807) is 54.6 Å². The molecule has 6 heteroatoms. The number of benzene rings is 2. The smallest absolute Gasteiger partial charge is 0.319 e. The zero-order valence-electron chi connectivity index (χ0n) is 11.3. The standard InChI is InChI=1S/C15H16N2O3S/c18-15(17-13-7-3-1-4-8-13)16-11-12-21(19,20)14-9-5-2-6-10-14/h1-10H,11-12H2,(H2,16,17,18). The van der Waals surface area contributed by atoms with Crippen LogP contribution in [-0.2, 0) is 9.84 Å². The Kier molecular flexibility index (Phi) is 4.94. The molecular formula is C15H16N2O3S. The molecule has 21 heavy (non-hydrogen) atoms. The Bertz CT molecular complexity index is 685. The summed E-state index contributed by atoms with van der Waals surface area (Å²) in [5, 5.41) is 5.15. The van der Waals surface area contributed by atoms with Crippen molar-refractivity contribution in [1.82, 2.24) is 5.32 Å². The van der Waals surface area contributed by atoms with Crippen molar-refractivity contribution in [3.63, 3.8) is 0 Å². The molecule has 0 radical (unpaired) electrons. The number of carbonyl (C=O) groups is 1. The topological polar surface area (TPSA) is 75.3 Å². The third kappa shape index (κ3) is 4.61. The second-order valence-corrected chi connectivity index (χ2v) is 6.49. The highest BCUT2D eigenvalue weighted by Gasteiger charge is 2.13. The summed E-state index contributed by atoms with van der Waals surface area (Å²) in [6.07, 6.45) is 0. The summed E-state index contributed by atoms with van der Waals surface area (Å²) < 4.78 is 24.0. The predicted molar refractivity (Wildman–Crippen MR) is 82.0 cm³/mol. The minimum Gasteiger partial charge on any atom is -0.337 e. The van der Waals surface area contributed by atoms with Gasteiger partial charge in [-0.2, -0.15) is 0 Å². The number of carbonyl (C=O) groups excluding carboxylic acids is 1. The summed E-state index contributed by atoms with van der Waals surface area (Å²) in [5.74, 6) is -0.140. The molecule has 0 aromatic heterocycles. The van der Waals surface area contributed by atoms with Crippen molar-refractivity contribution in [3.05, 3.63) is 60.7 Å². The average Bonchev–Trinajstić information content (AvgIpc) is 2.49. The maximum Gasteiger partial charge on any atom is 0.319 e. The lowest BCUT2D eigenvalue weighted by Gasteiger charge is -2.08. The maximum atomic E-state index is 12.0. The van der Waals surface area contributed by atoms with Crippen LogP contribution in [0.4, 0.5) is 10.5 Å². The SMILES string of the molecule is O=C(NCCS(=O)(=O)c1ccccc1)Nc1ccccc1. The number of para-hydroxylation sites is 1. The van der Waals surface area contributed by atoms with E-state index in [0.717, 1.165) is 0 Å². The lowest BCUT2D eigenvalue weighted by atomic mass is 10.3. The van der Waals surface area contributed by atoms with Crippen molar-refractivity contribution in [3.8, 4) is 0 Å². The fourth-order valence-electron chi connectivity index (χ4n) is 1.74. The molecule has 2 aromatic rings. The first-order valence-electron chi connectivity index (χ1n) is 6.46. The molecule has 0 atom stereocenters. The Morgan fingerprint density at radius 1 is 0.905 bits per heavy atom. The van der Waals surface area contributed by atoms with E-state index < -0.39 is 15.9 Å². The molecule has 110 valence electrons. The molecule has 0 spiro atoms. The van der Waals surface area contributed by atoms with Gasteiger partial charge in [0.15, 0.2) is 9.84 Å². The lowest BCUT2D eigenvalue weighted by Crippen LogP contribution is -2.32. The fraction of sp³-hybridized carbons (Fsp3) is 0.133. The van der Waals surface area contributed by atoms with E-state index in [9.17, 15) is 13.2 Å². The third-order valence-electron chi connectivity index (χ3n) is 2.79. The molecule has 0 aliphatic heterocycles.